The molecule has 1 heterocycles. The highest BCUT2D eigenvalue weighted by Gasteiger charge is 2.41. The van der Waals surface area contributed by atoms with Crippen molar-refractivity contribution in [2.75, 3.05) is 39.3 Å². The fraction of sp³-hybridized carbons (Fsp3) is 0.929. The third kappa shape index (κ3) is 3.09. The monoisotopic (exact) mass is 269 g/mol. The van der Waals surface area contributed by atoms with Gasteiger partial charge in [0, 0.05) is 38.8 Å². The molecule has 1 amide bonds. The van der Waals surface area contributed by atoms with Gasteiger partial charge in [0.05, 0.1) is 12.1 Å². The Bertz CT molecular complexity index is 310. The highest BCUT2D eigenvalue weighted by atomic mass is 16.3. The Morgan fingerprint density at radius 3 is 2.47 bits per heavy atom. The van der Waals surface area contributed by atoms with Crippen molar-refractivity contribution in [1.82, 2.24) is 15.1 Å². The molecule has 110 valence electrons. The molecule has 0 spiro atoms. The Hall–Kier alpha value is -0.650. The molecule has 0 radical (unpaired) electrons. The molecule has 19 heavy (non-hydrogen) atoms. The molecule has 5 heteroatoms. The number of nitrogens with one attached hydrogen (secondary N) is 1. The van der Waals surface area contributed by atoms with Crippen LogP contribution in [0.5, 0.6) is 0 Å². The molecule has 1 aliphatic carbocycles. The molecule has 2 N–H and O–H groups in total. The van der Waals surface area contributed by atoms with Gasteiger partial charge < -0.3 is 15.3 Å². The zero-order valence-corrected chi connectivity index (χ0v) is 12.2. The van der Waals surface area contributed by atoms with E-state index >= 15 is 0 Å². The molecule has 1 saturated heterocycles. The van der Waals surface area contributed by atoms with Crippen LogP contribution < -0.4 is 5.32 Å². The van der Waals surface area contributed by atoms with Gasteiger partial charge in [-0.25, -0.2) is 0 Å². The summed E-state index contributed by atoms with van der Waals surface area (Å²) in [6.45, 7) is 8.28. The standard InChI is InChI=1S/C14H27N3O2/c1-14(2,16-8-6-15-7-9-16)13(19)17(10-11-18)12-4-3-5-12/h12,15,18H,3-11H2,1-2H3. The Balaban J connectivity index is 2.05. The quantitative estimate of drug-likeness (QED) is 0.740. The molecule has 2 fully saturated rings. The lowest BCUT2D eigenvalue weighted by Crippen LogP contribution is -2.62. The van der Waals surface area contributed by atoms with Crippen LogP contribution in [0.3, 0.4) is 0 Å². The number of carbonyl (C=O) groups excluding carboxylic acids is 1. The minimum atomic E-state index is -0.465. The molecular formula is C14H27N3O2. The topological polar surface area (TPSA) is 55.8 Å². The normalized spacial score (nSPS) is 22.1. The van der Waals surface area contributed by atoms with Gasteiger partial charge in [-0.3, -0.25) is 9.69 Å². The van der Waals surface area contributed by atoms with Crippen LogP contribution in [0.2, 0.25) is 0 Å². The fourth-order valence-electron chi connectivity index (χ4n) is 2.97. The van der Waals surface area contributed by atoms with E-state index in [0.717, 1.165) is 39.0 Å². The molecule has 0 aromatic rings. The second-order valence-electron chi connectivity index (χ2n) is 6.10. The smallest absolute Gasteiger partial charge is 0.242 e. The van der Waals surface area contributed by atoms with Crippen molar-refractivity contribution in [3.8, 4) is 0 Å². The fourth-order valence-corrected chi connectivity index (χ4v) is 2.97. The van der Waals surface area contributed by atoms with Crippen molar-refractivity contribution in [1.29, 1.82) is 0 Å². The number of hydrogen-bond acceptors (Lipinski definition) is 4. The second-order valence-corrected chi connectivity index (χ2v) is 6.10. The van der Waals surface area contributed by atoms with Gasteiger partial charge >= 0.3 is 0 Å². The Labute approximate surface area is 115 Å². The maximum Gasteiger partial charge on any atom is 0.242 e. The molecule has 1 aliphatic heterocycles. The van der Waals surface area contributed by atoms with E-state index in [1.54, 1.807) is 0 Å². The highest BCUT2D eigenvalue weighted by Crippen LogP contribution is 2.28. The summed E-state index contributed by atoms with van der Waals surface area (Å²) < 4.78 is 0. The van der Waals surface area contributed by atoms with E-state index in [1.165, 1.54) is 6.42 Å². The van der Waals surface area contributed by atoms with Crippen molar-refractivity contribution in [3.05, 3.63) is 0 Å². The molecule has 0 aromatic carbocycles. The van der Waals surface area contributed by atoms with E-state index in [0.29, 0.717) is 12.6 Å². The lowest BCUT2D eigenvalue weighted by atomic mass is 9.89. The summed E-state index contributed by atoms with van der Waals surface area (Å²) in [5.74, 6) is 0.174. The summed E-state index contributed by atoms with van der Waals surface area (Å²) in [5, 5.41) is 12.5. The van der Waals surface area contributed by atoms with Crippen LogP contribution in [0.15, 0.2) is 0 Å². The molecule has 0 unspecified atom stereocenters. The number of nitrogens with zero attached hydrogens (tertiary/aromatic N) is 2. The number of aliphatic hydroxyl groups excluding tert-OH is 1. The minimum absolute atomic E-state index is 0.0554. The van der Waals surface area contributed by atoms with Crippen LogP contribution in [0.25, 0.3) is 0 Å². The Kier molecular flexibility index (Phi) is 4.81. The SMILES string of the molecule is CC(C)(C(=O)N(CCO)C1CCC1)N1CCNCC1. The number of hydrogen-bond donors (Lipinski definition) is 2. The molecule has 2 rings (SSSR count). The van der Waals surface area contributed by atoms with Crippen LogP contribution in [-0.4, -0.2) is 71.7 Å². The number of piperazine rings is 1. The predicted molar refractivity (Wildman–Crippen MR) is 75.0 cm³/mol. The average molecular weight is 269 g/mol. The van der Waals surface area contributed by atoms with E-state index < -0.39 is 5.54 Å². The van der Waals surface area contributed by atoms with Gasteiger partial charge in [0.2, 0.25) is 5.91 Å². The minimum Gasteiger partial charge on any atom is -0.395 e. The number of rotatable bonds is 5. The van der Waals surface area contributed by atoms with Crippen molar-refractivity contribution in [3.63, 3.8) is 0 Å². The lowest BCUT2D eigenvalue weighted by Gasteiger charge is -2.46. The van der Waals surface area contributed by atoms with E-state index in [2.05, 4.69) is 10.2 Å². The number of aliphatic hydroxyl groups is 1. The van der Waals surface area contributed by atoms with Gasteiger partial charge in [-0.1, -0.05) is 0 Å². The van der Waals surface area contributed by atoms with Gasteiger partial charge in [-0.05, 0) is 33.1 Å². The molecule has 2 aliphatic rings. The van der Waals surface area contributed by atoms with Gasteiger partial charge in [-0.15, -0.1) is 0 Å². The summed E-state index contributed by atoms with van der Waals surface area (Å²) in [6, 6.07) is 0.349. The summed E-state index contributed by atoms with van der Waals surface area (Å²) in [6.07, 6.45) is 3.38. The summed E-state index contributed by atoms with van der Waals surface area (Å²) in [5.41, 5.74) is -0.465. The van der Waals surface area contributed by atoms with Crippen LogP contribution in [0.4, 0.5) is 0 Å². The first-order chi connectivity index (χ1) is 9.07. The third-order valence-corrected chi connectivity index (χ3v) is 4.55. The van der Waals surface area contributed by atoms with Crippen LogP contribution in [-0.2, 0) is 4.79 Å². The summed E-state index contributed by atoms with van der Waals surface area (Å²) in [4.78, 5) is 17.0. The number of carbonyl (C=O) groups is 1. The highest BCUT2D eigenvalue weighted by molar-refractivity contribution is 5.86. The number of amides is 1. The first-order valence-corrected chi connectivity index (χ1v) is 7.45. The Morgan fingerprint density at radius 1 is 1.37 bits per heavy atom. The third-order valence-electron chi connectivity index (χ3n) is 4.55. The van der Waals surface area contributed by atoms with E-state index in [-0.39, 0.29) is 12.5 Å². The zero-order chi connectivity index (χ0) is 13.9. The predicted octanol–water partition coefficient (Wildman–Crippen LogP) is 0.0436. The van der Waals surface area contributed by atoms with Crippen LogP contribution in [0, 0.1) is 0 Å². The maximum atomic E-state index is 12.8. The first kappa shape index (κ1) is 14.8. The summed E-state index contributed by atoms with van der Waals surface area (Å²) >= 11 is 0. The second kappa shape index (κ2) is 6.20. The summed E-state index contributed by atoms with van der Waals surface area (Å²) in [7, 11) is 0. The van der Waals surface area contributed by atoms with E-state index in [4.69, 9.17) is 0 Å². The Morgan fingerprint density at radius 2 is 2.00 bits per heavy atom. The largest absolute Gasteiger partial charge is 0.395 e. The van der Waals surface area contributed by atoms with Gasteiger partial charge in [-0.2, -0.15) is 0 Å². The zero-order valence-electron chi connectivity index (χ0n) is 12.2. The van der Waals surface area contributed by atoms with Crippen molar-refractivity contribution >= 4 is 5.91 Å². The van der Waals surface area contributed by atoms with E-state index in [1.807, 2.05) is 18.7 Å². The molecule has 0 aromatic heterocycles. The van der Waals surface area contributed by atoms with Crippen molar-refractivity contribution in [2.45, 2.75) is 44.7 Å². The molecular weight excluding hydrogens is 242 g/mol. The maximum absolute atomic E-state index is 12.8. The van der Waals surface area contributed by atoms with Crippen molar-refractivity contribution < 1.29 is 9.90 Å². The van der Waals surface area contributed by atoms with Crippen LogP contribution in [0.1, 0.15) is 33.1 Å². The average Bonchev–Trinajstić information content (AvgIpc) is 2.36. The van der Waals surface area contributed by atoms with Crippen molar-refractivity contribution in [2.24, 2.45) is 0 Å². The lowest BCUT2D eigenvalue weighted by molar-refractivity contribution is -0.148. The molecule has 0 bridgehead atoms. The van der Waals surface area contributed by atoms with Gasteiger partial charge in [0.25, 0.3) is 0 Å². The molecule has 0 atom stereocenters. The molecule has 1 saturated carbocycles. The van der Waals surface area contributed by atoms with E-state index in [9.17, 15) is 9.90 Å². The van der Waals surface area contributed by atoms with Crippen LogP contribution >= 0.6 is 0 Å². The molecule has 5 nitrogen and oxygen atoms in total. The van der Waals surface area contributed by atoms with Gasteiger partial charge in [0.15, 0.2) is 0 Å². The van der Waals surface area contributed by atoms with Gasteiger partial charge in [0.1, 0.15) is 0 Å². The first-order valence-electron chi connectivity index (χ1n) is 7.45.